The Bertz CT molecular complexity index is 203. The minimum absolute atomic E-state index is 0.0803. The lowest BCUT2D eigenvalue weighted by Crippen LogP contribution is -2.46. The topological polar surface area (TPSA) is 41.1 Å². The minimum Gasteiger partial charge on any atom is -0.352 e. The predicted molar refractivity (Wildman–Crippen MR) is 66.2 cm³/mol. The standard InChI is InChI=1S/C11H22N2OS/c1-8(12-2)11(14)13-9-4-6-10(15-3)7-5-9/h8-10,12H,4-7H2,1-3H3,(H,13,14). The smallest absolute Gasteiger partial charge is 0.237 e. The Kier molecular flexibility index (Phi) is 5.47. The summed E-state index contributed by atoms with van der Waals surface area (Å²) < 4.78 is 0. The molecule has 0 aromatic heterocycles. The van der Waals surface area contributed by atoms with E-state index < -0.39 is 0 Å². The fourth-order valence-corrected chi connectivity index (χ4v) is 2.64. The molecular formula is C11H22N2OS. The van der Waals surface area contributed by atoms with Crippen molar-refractivity contribution in [2.75, 3.05) is 13.3 Å². The van der Waals surface area contributed by atoms with Gasteiger partial charge in [0.2, 0.25) is 5.91 Å². The number of thioether (sulfide) groups is 1. The number of likely N-dealkylation sites (N-methyl/N-ethyl adjacent to an activating group) is 1. The monoisotopic (exact) mass is 230 g/mol. The van der Waals surface area contributed by atoms with E-state index in [9.17, 15) is 4.79 Å². The van der Waals surface area contributed by atoms with Crippen molar-refractivity contribution in [1.29, 1.82) is 0 Å². The van der Waals surface area contributed by atoms with Crippen LogP contribution in [0.5, 0.6) is 0 Å². The normalized spacial score (nSPS) is 28.5. The highest BCUT2D eigenvalue weighted by Crippen LogP contribution is 2.26. The number of hydrogen-bond donors (Lipinski definition) is 2. The average molecular weight is 230 g/mol. The molecule has 0 bridgehead atoms. The third kappa shape index (κ3) is 4.03. The van der Waals surface area contributed by atoms with Gasteiger partial charge in [0.15, 0.2) is 0 Å². The van der Waals surface area contributed by atoms with Crippen LogP contribution >= 0.6 is 11.8 Å². The van der Waals surface area contributed by atoms with Crippen LogP contribution in [0.3, 0.4) is 0 Å². The van der Waals surface area contributed by atoms with Gasteiger partial charge < -0.3 is 10.6 Å². The molecule has 0 aliphatic heterocycles. The van der Waals surface area contributed by atoms with Crippen LogP contribution in [-0.4, -0.2) is 36.5 Å². The quantitative estimate of drug-likeness (QED) is 0.767. The lowest BCUT2D eigenvalue weighted by Gasteiger charge is -2.28. The van der Waals surface area contributed by atoms with E-state index in [1.54, 1.807) is 0 Å². The number of hydrogen-bond acceptors (Lipinski definition) is 3. The molecule has 1 saturated carbocycles. The molecule has 2 N–H and O–H groups in total. The van der Waals surface area contributed by atoms with Gasteiger partial charge in [-0.2, -0.15) is 11.8 Å². The summed E-state index contributed by atoms with van der Waals surface area (Å²) in [6, 6.07) is 0.319. The zero-order chi connectivity index (χ0) is 11.3. The molecule has 1 aliphatic rings. The summed E-state index contributed by atoms with van der Waals surface area (Å²) >= 11 is 1.95. The van der Waals surface area contributed by atoms with Gasteiger partial charge in [-0.25, -0.2) is 0 Å². The van der Waals surface area contributed by atoms with Gasteiger partial charge in [0.1, 0.15) is 0 Å². The molecule has 0 aromatic carbocycles. The fraction of sp³-hybridized carbons (Fsp3) is 0.909. The van der Waals surface area contributed by atoms with E-state index in [1.165, 1.54) is 12.8 Å². The van der Waals surface area contributed by atoms with Crippen LogP contribution in [-0.2, 0) is 4.79 Å². The van der Waals surface area contributed by atoms with Crippen molar-refractivity contribution in [1.82, 2.24) is 10.6 Å². The highest BCUT2D eigenvalue weighted by molar-refractivity contribution is 7.99. The summed E-state index contributed by atoms with van der Waals surface area (Å²) in [5.41, 5.74) is 0. The van der Waals surface area contributed by atoms with Gasteiger partial charge in [0.25, 0.3) is 0 Å². The van der Waals surface area contributed by atoms with Crippen molar-refractivity contribution in [3.8, 4) is 0 Å². The molecule has 0 saturated heterocycles. The Labute approximate surface area is 96.8 Å². The molecule has 0 aromatic rings. The highest BCUT2D eigenvalue weighted by Gasteiger charge is 2.22. The molecule has 0 radical (unpaired) electrons. The second-order valence-corrected chi connectivity index (χ2v) is 5.37. The number of carbonyl (C=O) groups excluding carboxylic acids is 1. The van der Waals surface area contributed by atoms with E-state index in [-0.39, 0.29) is 11.9 Å². The molecule has 88 valence electrons. The molecular weight excluding hydrogens is 208 g/mol. The third-order valence-corrected chi connectivity index (χ3v) is 4.32. The average Bonchev–Trinajstić information content (AvgIpc) is 2.29. The van der Waals surface area contributed by atoms with E-state index in [0.29, 0.717) is 6.04 Å². The molecule has 1 rings (SSSR count). The van der Waals surface area contributed by atoms with E-state index in [1.807, 2.05) is 25.7 Å². The van der Waals surface area contributed by atoms with Crippen molar-refractivity contribution in [2.45, 2.75) is 49.9 Å². The summed E-state index contributed by atoms with van der Waals surface area (Å²) in [7, 11) is 1.81. The summed E-state index contributed by atoms with van der Waals surface area (Å²) in [6.07, 6.45) is 6.91. The first-order valence-corrected chi connectivity index (χ1v) is 6.96. The summed E-state index contributed by atoms with van der Waals surface area (Å²) in [6.45, 7) is 1.89. The number of nitrogens with one attached hydrogen (secondary N) is 2. The fourth-order valence-electron chi connectivity index (χ4n) is 1.90. The van der Waals surface area contributed by atoms with Crippen LogP contribution in [0, 0.1) is 0 Å². The van der Waals surface area contributed by atoms with Crippen molar-refractivity contribution >= 4 is 17.7 Å². The Morgan fingerprint density at radius 1 is 1.33 bits per heavy atom. The predicted octanol–water partition coefficient (Wildman–Crippen LogP) is 1.38. The van der Waals surface area contributed by atoms with Crippen molar-refractivity contribution in [3.05, 3.63) is 0 Å². The van der Waals surface area contributed by atoms with Crippen LogP contribution in [0.4, 0.5) is 0 Å². The first kappa shape index (κ1) is 12.8. The minimum atomic E-state index is -0.0803. The van der Waals surface area contributed by atoms with Crippen molar-refractivity contribution < 1.29 is 4.79 Å². The van der Waals surface area contributed by atoms with E-state index in [2.05, 4.69) is 16.9 Å². The molecule has 4 heteroatoms. The molecule has 1 aliphatic carbocycles. The van der Waals surface area contributed by atoms with Crippen LogP contribution < -0.4 is 10.6 Å². The second-order valence-electron chi connectivity index (χ2n) is 4.23. The molecule has 15 heavy (non-hydrogen) atoms. The van der Waals surface area contributed by atoms with Crippen molar-refractivity contribution in [2.24, 2.45) is 0 Å². The Morgan fingerprint density at radius 3 is 2.40 bits per heavy atom. The molecule has 1 fully saturated rings. The zero-order valence-electron chi connectivity index (χ0n) is 9.88. The summed E-state index contributed by atoms with van der Waals surface area (Å²) in [5.74, 6) is 0.130. The maximum Gasteiger partial charge on any atom is 0.237 e. The molecule has 1 unspecified atom stereocenters. The van der Waals surface area contributed by atoms with Gasteiger partial charge in [-0.3, -0.25) is 4.79 Å². The molecule has 1 amide bonds. The number of carbonyl (C=O) groups is 1. The summed E-state index contributed by atoms with van der Waals surface area (Å²) in [5, 5.41) is 6.87. The van der Waals surface area contributed by atoms with Crippen LogP contribution in [0.25, 0.3) is 0 Å². The second kappa shape index (κ2) is 6.38. The zero-order valence-corrected chi connectivity index (χ0v) is 10.7. The van der Waals surface area contributed by atoms with Crippen LogP contribution in [0.1, 0.15) is 32.6 Å². The lowest BCUT2D eigenvalue weighted by atomic mass is 9.95. The largest absolute Gasteiger partial charge is 0.352 e. The van der Waals surface area contributed by atoms with E-state index >= 15 is 0 Å². The van der Waals surface area contributed by atoms with Crippen LogP contribution in [0.15, 0.2) is 0 Å². The summed E-state index contributed by atoms with van der Waals surface area (Å²) in [4.78, 5) is 11.6. The number of amides is 1. The maximum atomic E-state index is 11.6. The molecule has 0 heterocycles. The van der Waals surface area contributed by atoms with Gasteiger partial charge >= 0.3 is 0 Å². The van der Waals surface area contributed by atoms with E-state index in [4.69, 9.17) is 0 Å². The maximum absolute atomic E-state index is 11.6. The molecule has 1 atom stereocenters. The van der Waals surface area contributed by atoms with E-state index in [0.717, 1.165) is 18.1 Å². The third-order valence-electron chi connectivity index (χ3n) is 3.18. The Hall–Kier alpha value is -0.220. The highest BCUT2D eigenvalue weighted by atomic mass is 32.2. The molecule has 3 nitrogen and oxygen atoms in total. The van der Waals surface area contributed by atoms with Gasteiger partial charge in [-0.15, -0.1) is 0 Å². The van der Waals surface area contributed by atoms with Gasteiger partial charge in [-0.05, 0) is 45.9 Å². The van der Waals surface area contributed by atoms with Crippen molar-refractivity contribution in [3.63, 3.8) is 0 Å². The SMILES string of the molecule is CNC(C)C(=O)NC1CCC(SC)CC1. The first-order valence-electron chi connectivity index (χ1n) is 5.67. The molecule has 0 spiro atoms. The van der Waals surface area contributed by atoms with Gasteiger partial charge in [-0.1, -0.05) is 0 Å². The Balaban J connectivity index is 2.26. The first-order chi connectivity index (χ1) is 7.17. The van der Waals surface area contributed by atoms with Crippen LogP contribution in [0.2, 0.25) is 0 Å². The van der Waals surface area contributed by atoms with Gasteiger partial charge in [0, 0.05) is 11.3 Å². The lowest BCUT2D eigenvalue weighted by molar-refractivity contribution is -0.123. The van der Waals surface area contributed by atoms with Gasteiger partial charge in [0.05, 0.1) is 6.04 Å². The Morgan fingerprint density at radius 2 is 1.93 bits per heavy atom. The number of rotatable bonds is 4.